The first kappa shape index (κ1) is 18.9. The third kappa shape index (κ3) is 4.02. The van der Waals surface area contributed by atoms with Crippen LogP contribution in [0.3, 0.4) is 0 Å². The summed E-state index contributed by atoms with van der Waals surface area (Å²) in [6.07, 6.45) is 0. The van der Waals surface area contributed by atoms with Gasteiger partial charge in [0.15, 0.2) is 11.6 Å². The Morgan fingerprint density at radius 2 is 0.967 bits per heavy atom. The molecule has 0 saturated carbocycles. The number of rotatable bonds is 6. The molecule has 8 nitrogen and oxygen atoms in total. The van der Waals surface area contributed by atoms with Crippen molar-refractivity contribution < 1.29 is 19.8 Å². The number of hydrogen-bond acceptors (Lipinski definition) is 8. The predicted molar refractivity (Wildman–Crippen MR) is 108 cm³/mol. The van der Waals surface area contributed by atoms with E-state index >= 15 is 0 Å². The summed E-state index contributed by atoms with van der Waals surface area (Å²) in [6.45, 7) is 0. The van der Waals surface area contributed by atoms with Crippen molar-refractivity contribution in [3.8, 4) is 0 Å². The molecule has 4 rings (SSSR count). The van der Waals surface area contributed by atoms with Gasteiger partial charge in [0.2, 0.25) is 0 Å². The van der Waals surface area contributed by atoms with Gasteiger partial charge >= 0.3 is 0 Å². The average molecular weight is 398 g/mol. The lowest BCUT2D eigenvalue weighted by Gasteiger charge is -2.14. The molecule has 1 aromatic heterocycles. The smallest absolute Gasteiger partial charge is 0.174 e. The van der Waals surface area contributed by atoms with E-state index in [0.717, 1.165) is 0 Å². The lowest BCUT2D eigenvalue weighted by Crippen LogP contribution is -2.22. The van der Waals surface area contributed by atoms with Gasteiger partial charge in [-0.2, -0.15) is 0 Å². The molecule has 3 aromatic carbocycles. The molecule has 0 amide bonds. The SMILES string of the molecule is O=C([O-])c1ccc(Nc2nc3ccccc3nc2Nc2ccc(C(=O)[O-])cc2)cc1. The van der Waals surface area contributed by atoms with Gasteiger partial charge in [-0.3, -0.25) is 0 Å². The first-order valence-corrected chi connectivity index (χ1v) is 8.93. The van der Waals surface area contributed by atoms with Crippen molar-refractivity contribution in [1.29, 1.82) is 0 Å². The summed E-state index contributed by atoms with van der Waals surface area (Å²) in [5.41, 5.74) is 2.70. The van der Waals surface area contributed by atoms with Gasteiger partial charge in [-0.05, 0) is 47.5 Å². The van der Waals surface area contributed by atoms with E-state index in [1.165, 1.54) is 24.3 Å². The first-order valence-electron chi connectivity index (χ1n) is 8.93. The van der Waals surface area contributed by atoms with Crippen LogP contribution in [0.2, 0.25) is 0 Å². The van der Waals surface area contributed by atoms with Crippen LogP contribution in [0.5, 0.6) is 0 Å². The molecule has 0 aliphatic rings. The maximum absolute atomic E-state index is 10.9. The third-order valence-electron chi connectivity index (χ3n) is 4.34. The number of hydrogen-bond donors (Lipinski definition) is 2. The zero-order valence-corrected chi connectivity index (χ0v) is 15.5. The number of aromatic carboxylic acids is 2. The van der Waals surface area contributed by atoms with Gasteiger partial charge in [0, 0.05) is 11.4 Å². The van der Waals surface area contributed by atoms with E-state index < -0.39 is 11.9 Å². The summed E-state index contributed by atoms with van der Waals surface area (Å²) in [5, 5.41) is 28.1. The molecule has 0 fully saturated rings. The summed E-state index contributed by atoms with van der Waals surface area (Å²) in [5.74, 6) is -1.68. The molecule has 0 unspecified atom stereocenters. The number of carbonyl (C=O) groups is 2. The Balaban J connectivity index is 1.69. The van der Waals surface area contributed by atoms with Crippen LogP contribution in [0.25, 0.3) is 11.0 Å². The zero-order chi connectivity index (χ0) is 21.1. The highest BCUT2D eigenvalue weighted by Gasteiger charge is 2.10. The van der Waals surface area contributed by atoms with Crippen LogP contribution in [-0.2, 0) is 0 Å². The van der Waals surface area contributed by atoms with E-state index in [1.54, 1.807) is 24.3 Å². The maximum Gasteiger partial charge on any atom is 0.174 e. The normalized spacial score (nSPS) is 10.5. The zero-order valence-electron chi connectivity index (χ0n) is 15.5. The van der Waals surface area contributed by atoms with Crippen LogP contribution in [-0.4, -0.2) is 21.9 Å². The molecular formula is C22H14N4O4-2. The minimum Gasteiger partial charge on any atom is -0.545 e. The second-order valence-electron chi connectivity index (χ2n) is 6.39. The number of carboxylic acids is 2. The number of para-hydroxylation sites is 2. The highest BCUT2D eigenvalue weighted by atomic mass is 16.4. The van der Waals surface area contributed by atoms with Gasteiger partial charge in [0.25, 0.3) is 0 Å². The lowest BCUT2D eigenvalue weighted by molar-refractivity contribution is -0.256. The number of aromatic nitrogens is 2. The van der Waals surface area contributed by atoms with Crippen LogP contribution < -0.4 is 20.8 Å². The highest BCUT2D eigenvalue weighted by molar-refractivity contribution is 5.88. The third-order valence-corrected chi connectivity index (χ3v) is 4.34. The molecule has 0 radical (unpaired) electrons. The standard InChI is InChI=1S/C22H16N4O4/c27-21(28)13-5-9-15(10-6-13)23-19-20(26-18-4-2-1-3-17(18)25-19)24-16-11-7-14(8-12-16)22(29)30/h1-12H,(H,23,25)(H,24,26)(H,27,28)(H,29,30)/p-2. The molecule has 0 saturated heterocycles. The number of carbonyl (C=O) groups excluding carboxylic acids is 2. The van der Waals surface area contributed by atoms with Gasteiger partial charge in [0.05, 0.1) is 23.0 Å². The van der Waals surface area contributed by atoms with E-state index in [9.17, 15) is 19.8 Å². The Kier molecular flexibility index (Phi) is 4.96. The van der Waals surface area contributed by atoms with Gasteiger partial charge in [-0.15, -0.1) is 0 Å². The fourth-order valence-corrected chi connectivity index (χ4v) is 2.83. The van der Waals surface area contributed by atoms with Crippen molar-refractivity contribution in [3.63, 3.8) is 0 Å². The largest absolute Gasteiger partial charge is 0.545 e. The second-order valence-corrected chi connectivity index (χ2v) is 6.39. The first-order chi connectivity index (χ1) is 14.5. The Labute approximate surface area is 170 Å². The molecule has 8 heteroatoms. The number of benzene rings is 3. The number of carboxylic acid groups (broad SMARTS) is 2. The minimum atomic E-state index is -1.26. The second kappa shape index (κ2) is 7.88. The Morgan fingerprint density at radius 1 is 0.600 bits per heavy atom. The molecule has 0 aliphatic heterocycles. The van der Waals surface area contributed by atoms with Crippen LogP contribution >= 0.6 is 0 Å². The number of anilines is 4. The maximum atomic E-state index is 10.9. The Hall–Kier alpha value is -4.46. The molecule has 148 valence electrons. The van der Waals surface area contributed by atoms with Crippen molar-refractivity contribution in [3.05, 3.63) is 83.9 Å². The van der Waals surface area contributed by atoms with Crippen LogP contribution in [0, 0.1) is 0 Å². The Bertz CT molecular complexity index is 1140. The highest BCUT2D eigenvalue weighted by Crippen LogP contribution is 2.27. The number of nitrogens with one attached hydrogen (secondary N) is 2. The van der Waals surface area contributed by atoms with Gasteiger partial charge < -0.3 is 30.4 Å². The molecule has 0 spiro atoms. The average Bonchev–Trinajstić information content (AvgIpc) is 2.75. The van der Waals surface area contributed by atoms with Crippen molar-refractivity contribution >= 4 is 46.0 Å². The number of fused-ring (bicyclic) bond motifs is 1. The van der Waals surface area contributed by atoms with Crippen molar-refractivity contribution in [2.24, 2.45) is 0 Å². The molecule has 2 N–H and O–H groups in total. The van der Waals surface area contributed by atoms with Crippen LogP contribution in [0.1, 0.15) is 20.7 Å². The molecule has 4 aromatic rings. The van der Waals surface area contributed by atoms with E-state index in [-0.39, 0.29) is 11.1 Å². The van der Waals surface area contributed by atoms with Crippen LogP contribution in [0.4, 0.5) is 23.0 Å². The van der Waals surface area contributed by atoms with Crippen LogP contribution in [0.15, 0.2) is 72.8 Å². The molecule has 0 aliphatic carbocycles. The van der Waals surface area contributed by atoms with E-state index in [0.29, 0.717) is 34.0 Å². The summed E-state index contributed by atoms with van der Waals surface area (Å²) >= 11 is 0. The van der Waals surface area contributed by atoms with Gasteiger partial charge in [-0.1, -0.05) is 36.4 Å². The quantitative estimate of drug-likeness (QED) is 0.503. The van der Waals surface area contributed by atoms with Gasteiger partial charge in [-0.25, -0.2) is 9.97 Å². The molecule has 30 heavy (non-hydrogen) atoms. The summed E-state index contributed by atoms with van der Waals surface area (Å²) in [7, 11) is 0. The Morgan fingerprint density at radius 3 is 1.30 bits per heavy atom. The molecule has 1 heterocycles. The summed E-state index contributed by atoms with van der Waals surface area (Å²) in [6, 6.07) is 19.5. The molecule has 0 atom stereocenters. The van der Waals surface area contributed by atoms with E-state index in [2.05, 4.69) is 20.6 Å². The van der Waals surface area contributed by atoms with Crippen molar-refractivity contribution in [2.75, 3.05) is 10.6 Å². The molecule has 0 bridgehead atoms. The van der Waals surface area contributed by atoms with Crippen molar-refractivity contribution in [1.82, 2.24) is 9.97 Å². The number of nitrogens with zero attached hydrogens (tertiary/aromatic N) is 2. The lowest BCUT2D eigenvalue weighted by atomic mass is 10.2. The summed E-state index contributed by atoms with van der Waals surface area (Å²) in [4.78, 5) is 31.1. The minimum absolute atomic E-state index is 0.0662. The molecular weight excluding hydrogens is 384 g/mol. The fourth-order valence-electron chi connectivity index (χ4n) is 2.83. The topological polar surface area (TPSA) is 130 Å². The van der Waals surface area contributed by atoms with E-state index in [4.69, 9.17) is 0 Å². The monoisotopic (exact) mass is 398 g/mol. The fraction of sp³-hybridized carbons (Fsp3) is 0. The van der Waals surface area contributed by atoms with E-state index in [1.807, 2.05) is 24.3 Å². The van der Waals surface area contributed by atoms with Crippen molar-refractivity contribution in [2.45, 2.75) is 0 Å². The van der Waals surface area contributed by atoms with Gasteiger partial charge in [0.1, 0.15) is 0 Å². The summed E-state index contributed by atoms with van der Waals surface area (Å²) < 4.78 is 0. The predicted octanol–water partition coefficient (Wildman–Crippen LogP) is 1.84.